The molecule has 3 nitrogen and oxygen atoms in total. The van der Waals surface area contributed by atoms with Gasteiger partial charge in [-0.3, -0.25) is 4.90 Å². The largest absolute Gasteiger partial charge is 1.00 e. The van der Waals surface area contributed by atoms with Gasteiger partial charge in [-0.1, -0.05) is 0 Å². The smallest absolute Gasteiger partial charge is 0.109 e. The molecule has 3 aliphatic rings. The van der Waals surface area contributed by atoms with E-state index in [-0.39, 0.29) is 48.0 Å². The first kappa shape index (κ1) is 12.3. The zero-order chi connectivity index (χ0) is 6.32. The van der Waals surface area contributed by atoms with Gasteiger partial charge in [-0.05, 0) is 0 Å². The minimum absolute atomic E-state index is 0. The molecule has 0 spiro atoms. The molecule has 0 unspecified atom stereocenters. The van der Waals surface area contributed by atoms with Gasteiger partial charge in [0.2, 0.25) is 0 Å². The summed E-state index contributed by atoms with van der Waals surface area (Å²) in [7, 11) is 0. The summed E-state index contributed by atoms with van der Waals surface area (Å²) in [4.78, 5) is 2.49. The quantitative estimate of drug-likeness (QED) is 0.269. The third-order valence-corrected chi connectivity index (χ3v) is 2.58. The molecule has 0 saturated carbocycles. The number of fused-ring (bicyclic) bond motifs is 3. The van der Waals surface area contributed by atoms with Crippen LogP contribution in [0.1, 0.15) is 0 Å². The van der Waals surface area contributed by atoms with E-state index in [1.807, 2.05) is 0 Å². The standard InChI is InChI=1S/C6H14N3.2HI/c7-9-4-1-8(2-5-9)3-6-9;;/h1-7H2;2*1H/q+1;;/p-1. The molecule has 0 radical (unpaired) electrons. The highest BCUT2D eigenvalue weighted by Gasteiger charge is 2.35. The number of hydrogen-bond acceptors (Lipinski definition) is 2. The van der Waals surface area contributed by atoms with Crippen LogP contribution in [0.3, 0.4) is 0 Å². The molecule has 2 bridgehead atoms. The Morgan fingerprint density at radius 3 is 1.55 bits per heavy atom. The number of nitrogens with two attached hydrogens (primary N) is 1. The molecule has 0 amide bonds. The highest BCUT2D eigenvalue weighted by molar-refractivity contribution is 14.0. The molecule has 3 saturated heterocycles. The summed E-state index contributed by atoms with van der Waals surface area (Å²) in [5.74, 6) is 6.01. The Hall–Kier alpha value is 1.34. The van der Waals surface area contributed by atoms with Gasteiger partial charge in [0.15, 0.2) is 0 Å². The summed E-state index contributed by atoms with van der Waals surface area (Å²) in [6.07, 6.45) is 0. The first-order chi connectivity index (χ1) is 4.29. The Balaban J connectivity index is 0.000000500. The average Bonchev–Trinajstić information content (AvgIpc) is 1.90. The molecular formula is C6H15I2N3. The van der Waals surface area contributed by atoms with Crippen molar-refractivity contribution in [3.63, 3.8) is 0 Å². The summed E-state index contributed by atoms with van der Waals surface area (Å²) < 4.78 is 0.844. The van der Waals surface area contributed by atoms with E-state index in [4.69, 9.17) is 5.84 Å². The van der Waals surface area contributed by atoms with Crippen molar-refractivity contribution in [2.24, 2.45) is 5.84 Å². The van der Waals surface area contributed by atoms with Gasteiger partial charge in [0.25, 0.3) is 0 Å². The fraction of sp³-hybridized carbons (Fsp3) is 1.00. The number of quaternary nitrogens is 1. The molecule has 0 aromatic heterocycles. The summed E-state index contributed by atoms with van der Waals surface area (Å²) in [6.45, 7) is 7.16. The Kier molecular flexibility index (Phi) is 5.09. The van der Waals surface area contributed by atoms with Gasteiger partial charge >= 0.3 is 0 Å². The maximum absolute atomic E-state index is 6.01. The molecule has 3 fully saturated rings. The van der Waals surface area contributed by atoms with E-state index in [0.29, 0.717) is 0 Å². The Morgan fingerprint density at radius 1 is 1.00 bits per heavy atom. The van der Waals surface area contributed by atoms with Crippen LogP contribution in [-0.2, 0) is 0 Å². The lowest BCUT2D eigenvalue weighted by molar-refractivity contribution is -0.952. The van der Waals surface area contributed by atoms with Gasteiger partial charge in [-0.15, -0.1) is 24.0 Å². The molecule has 0 aromatic carbocycles. The van der Waals surface area contributed by atoms with Crippen LogP contribution in [0.5, 0.6) is 0 Å². The van der Waals surface area contributed by atoms with Gasteiger partial charge < -0.3 is 24.0 Å². The van der Waals surface area contributed by atoms with E-state index in [9.17, 15) is 0 Å². The van der Waals surface area contributed by atoms with E-state index in [0.717, 1.165) is 4.59 Å². The molecule has 3 aliphatic heterocycles. The van der Waals surface area contributed by atoms with Gasteiger partial charge in [0.1, 0.15) is 19.6 Å². The van der Waals surface area contributed by atoms with Gasteiger partial charge in [-0.2, -0.15) is 5.84 Å². The molecule has 2 N–H and O–H groups in total. The van der Waals surface area contributed by atoms with Crippen LogP contribution in [0.15, 0.2) is 0 Å². The normalized spacial score (nSPS) is 40.6. The number of hydrogen-bond donors (Lipinski definition) is 1. The van der Waals surface area contributed by atoms with Crippen LogP contribution in [0, 0.1) is 0 Å². The Morgan fingerprint density at radius 2 is 1.36 bits per heavy atom. The maximum Gasteiger partial charge on any atom is 0.109 e. The van der Waals surface area contributed by atoms with E-state index < -0.39 is 0 Å². The number of halogens is 2. The van der Waals surface area contributed by atoms with E-state index in [2.05, 4.69) is 4.90 Å². The molecule has 5 heteroatoms. The molecule has 3 heterocycles. The molecule has 0 atom stereocenters. The topological polar surface area (TPSA) is 29.3 Å². The third-order valence-electron chi connectivity index (χ3n) is 2.58. The SMILES string of the molecule is I.N[N+]12CCN(CC1)CC2.[I-]. The highest BCUT2D eigenvalue weighted by Crippen LogP contribution is 2.12. The van der Waals surface area contributed by atoms with Crippen molar-refractivity contribution in [2.75, 3.05) is 39.3 Å². The molecule has 0 aliphatic carbocycles. The van der Waals surface area contributed by atoms with Crippen molar-refractivity contribution < 1.29 is 28.6 Å². The lowest BCUT2D eigenvalue weighted by atomic mass is 10.2. The summed E-state index contributed by atoms with van der Waals surface area (Å²) in [5.41, 5.74) is 0. The molecule has 11 heavy (non-hydrogen) atoms. The van der Waals surface area contributed by atoms with Crippen molar-refractivity contribution in [3.8, 4) is 0 Å². The highest BCUT2D eigenvalue weighted by atomic mass is 127. The minimum atomic E-state index is 0. The van der Waals surface area contributed by atoms with Crippen molar-refractivity contribution >= 4 is 24.0 Å². The zero-order valence-corrected chi connectivity index (χ0v) is 11.0. The fourth-order valence-corrected chi connectivity index (χ4v) is 1.69. The van der Waals surface area contributed by atoms with Crippen molar-refractivity contribution in [2.45, 2.75) is 0 Å². The summed E-state index contributed by atoms with van der Waals surface area (Å²) in [6, 6.07) is 0. The second-order valence-corrected chi connectivity index (χ2v) is 3.23. The van der Waals surface area contributed by atoms with Crippen LogP contribution in [-0.4, -0.2) is 48.8 Å². The molecular weight excluding hydrogens is 368 g/mol. The van der Waals surface area contributed by atoms with Crippen molar-refractivity contribution in [1.29, 1.82) is 0 Å². The Bertz CT molecular complexity index is 109. The third kappa shape index (κ3) is 2.64. The molecule has 3 rings (SSSR count). The average molecular weight is 383 g/mol. The minimum Gasteiger partial charge on any atom is -1.00 e. The van der Waals surface area contributed by atoms with Crippen LogP contribution < -0.4 is 29.8 Å². The Labute approximate surface area is 102 Å². The van der Waals surface area contributed by atoms with Crippen LogP contribution >= 0.6 is 24.0 Å². The summed E-state index contributed by atoms with van der Waals surface area (Å²) >= 11 is 0. The lowest BCUT2D eigenvalue weighted by Gasteiger charge is -2.46. The number of nitrogens with zero attached hydrogens (tertiary/aromatic N) is 2. The van der Waals surface area contributed by atoms with Gasteiger partial charge in [0, 0.05) is 19.6 Å². The predicted octanol–water partition coefficient (Wildman–Crippen LogP) is -3.37. The van der Waals surface area contributed by atoms with Crippen LogP contribution in [0.2, 0.25) is 0 Å². The first-order valence-corrected chi connectivity index (χ1v) is 3.66. The van der Waals surface area contributed by atoms with E-state index in [1.165, 1.54) is 39.3 Å². The molecule has 0 aromatic rings. The first-order valence-electron chi connectivity index (χ1n) is 3.66. The fourth-order valence-electron chi connectivity index (χ4n) is 1.69. The number of piperazine rings is 3. The summed E-state index contributed by atoms with van der Waals surface area (Å²) in [5, 5.41) is 0. The zero-order valence-electron chi connectivity index (χ0n) is 6.50. The second kappa shape index (κ2) is 4.54. The lowest BCUT2D eigenvalue weighted by Crippen LogP contribution is -3.00. The monoisotopic (exact) mass is 383 g/mol. The van der Waals surface area contributed by atoms with E-state index in [1.54, 1.807) is 0 Å². The second-order valence-electron chi connectivity index (χ2n) is 3.23. The number of rotatable bonds is 0. The van der Waals surface area contributed by atoms with Crippen molar-refractivity contribution in [1.82, 2.24) is 4.90 Å². The van der Waals surface area contributed by atoms with Crippen molar-refractivity contribution in [3.05, 3.63) is 0 Å². The van der Waals surface area contributed by atoms with Crippen LogP contribution in [0.25, 0.3) is 0 Å². The van der Waals surface area contributed by atoms with Gasteiger partial charge in [-0.25, -0.2) is 4.59 Å². The maximum atomic E-state index is 6.01. The van der Waals surface area contributed by atoms with Gasteiger partial charge in [0.05, 0.1) is 0 Å². The van der Waals surface area contributed by atoms with E-state index >= 15 is 0 Å². The predicted molar refractivity (Wildman–Crippen MR) is 50.9 cm³/mol. The molecule has 68 valence electrons. The van der Waals surface area contributed by atoms with Crippen LogP contribution in [0.4, 0.5) is 0 Å².